The highest BCUT2D eigenvalue weighted by Crippen LogP contribution is 2.34. The molecule has 0 aliphatic carbocycles. The Hall–Kier alpha value is -2.01. The van der Waals surface area contributed by atoms with Crippen LogP contribution in [0.25, 0.3) is 0 Å². The molecule has 1 aromatic carbocycles. The normalized spacial score (nSPS) is 13.3. The number of Topliss-reactive ketones (excluding diaryl/α,β-unsaturated/α-hetero) is 1. The lowest BCUT2D eigenvalue weighted by Crippen LogP contribution is -2.35. The van der Waals surface area contributed by atoms with Crippen LogP contribution in [0.3, 0.4) is 0 Å². The summed E-state index contributed by atoms with van der Waals surface area (Å²) in [5.41, 5.74) is -0.159. The summed E-state index contributed by atoms with van der Waals surface area (Å²) in [6.07, 6.45) is -1.14. The topological polar surface area (TPSA) is 50.4 Å². The average Bonchev–Trinajstić information content (AvgIpc) is 2.91. The molecule has 1 aromatic heterocycles. The Kier molecular flexibility index (Phi) is 3.25. The lowest BCUT2D eigenvalue weighted by Gasteiger charge is -2.19. The summed E-state index contributed by atoms with van der Waals surface area (Å²) in [7, 11) is 0. The van der Waals surface area contributed by atoms with Gasteiger partial charge in [0.15, 0.2) is 6.10 Å². The van der Waals surface area contributed by atoms with Crippen LogP contribution >= 0.6 is 0 Å². The number of aliphatic hydroxyl groups is 1. The zero-order chi connectivity index (χ0) is 13.2. The predicted molar refractivity (Wildman–Crippen MR) is 59.4 cm³/mol. The van der Waals surface area contributed by atoms with Crippen molar-refractivity contribution < 1.29 is 23.1 Å². The van der Waals surface area contributed by atoms with E-state index in [0.29, 0.717) is 0 Å². The van der Waals surface area contributed by atoms with Gasteiger partial charge in [-0.15, -0.1) is 0 Å². The van der Waals surface area contributed by atoms with Gasteiger partial charge in [0.1, 0.15) is 5.76 Å². The van der Waals surface area contributed by atoms with Crippen molar-refractivity contribution in [3.05, 3.63) is 60.1 Å². The molecule has 0 saturated carbocycles. The molecule has 0 bridgehead atoms. The maximum Gasteiger partial charge on any atom is 0.342 e. The Morgan fingerprint density at radius 2 is 1.83 bits per heavy atom. The third kappa shape index (κ3) is 2.17. The summed E-state index contributed by atoms with van der Waals surface area (Å²) in [4.78, 5) is 11.7. The number of carbonyl (C=O) groups excluding carboxylic acids is 1. The highest BCUT2D eigenvalue weighted by Gasteiger charge is 2.48. The number of carbonyl (C=O) groups is 1. The summed E-state index contributed by atoms with van der Waals surface area (Å²) >= 11 is 0. The number of ketones is 1. The molecule has 0 spiro atoms. The summed E-state index contributed by atoms with van der Waals surface area (Å²) in [5, 5.41) is 9.50. The van der Waals surface area contributed by atoms with E-state index in [4.69, 9.17) is 0 Å². The largest absolute Gasteiger partial charge is 0.466 e. The Bertz CT molecular complexity index is 520. The number of hydrogen-bond donors (Lipinski definition) is 1. The number of alkyl halides is 2. The zero-order valence-corrected chi connectivity index (χ0v) is 9.22. The molecule has 2 rings (SSSR count). The number of halogens is 2. The molecular weight excluding hydrogens is 242 g/mol. The number of benzene rings is 1. The van der Waals surface area contributed by atoms with Crippen molar-refractivity contribution in [2.45, 2.75) is 12.0 Å². The molecule has 0 unspecified atom stereocenters. The maximum absolute atomic E-state index is 13.8. The van der Waals surface area contributed by atoms with Gasteiger partial charge in [-0.1, -0.05) is 30.3 Å². The van der Waals surface area contributed by atoms with E-state index in [-0.39, 0.29) is 11.3 Å². The first-order valence-electron chi connectivity index (χ1n) is 5.22. The molecule has 0 aliphatic rings. The fraction of sp³-hybridized carbons (Fsp3) is 0.154. The van der Waals surface area contributed by atoms with Gasteiger partial charge in [-0.25, -0.2) is 0 Å². The molecule has 5 heteroatoms. The molecule has 0 amide bonds. The second kappa shape index (κ2) is 4.70. The Labute approximate surface area is 102 Å². The van der Waals surface area contributed by atoms with Crippen LogP contribution in [0.5, 0.6) is 0 Å². The summed E-state index contributed by atoms with van der Waals surface area (Å²) in [6.45, 7) is 0. The van der Waals surface area contributed by atoms with Crippen LogP contribution in [0.15, 0.2) is 53.1 Å². The minimum Gasteiger partial charge on any atom is -0.466 e. The van der Waals surface area contributed by atoms with Gasteiger partial charge in [-0.05, 0) is 12.1 Å². The molecule has 1 atom stereocenters. The summed E-state index contributed by atoms with van der Waals surface area (Å²) < 4.78 is 32.3. The van der Waals surface area contributed by atoms with Crippen molar-refractivity contribution in [1.29, 1.82) is 0 Å². The smallest absolute Gasteiger partial charge is 0.342 e. The fourth-order valence-corrected chi connectivity index (χ4v) is 1.53. The molecule has 0 radical (unpaired) electrons. The van der Waals surface area contributed by atoms with Crippen molar-refractivity contribution in [3.8, 4) is 0 Å². The molecule has 0 saturated heterocycles. The molecule has 1 heterocycles. The summed E-state index contributed by atoms with van der Waals surface area (Å²) in [5.74, 6) is -5.71. The van der Waals surface area contributed by atoms with Gasteiger partial charge in [0, 0.05) is 5.56 Å². The zero-order valence-electron chi connectivity index (χ0n) is 9.22. The first-order valence-corrected chi connectivity index (χ1v) is 5.22. The van der Waals surface area contributed by atoms with Crippen LogP contribution in [0.1, 0.15) is 22.2 Å². The summed E-state index contributed by atoms with van der Waals surface area (Å²) in [6, 6.07) is 9.65. The van der Waals surface area contributed by atoms with E-state index in [2.05, 4.69) is 4.42 Å². The third-order valence-electron chi connectivity index (χ3n) is 2.49. The Morgan fingerprint density at radius 1 is 1.17 bits per heavy atom. The quantitative estimate of drug-likeness (QED) is 0.851. The molecule has 2 aromatic rings. The van der Waals surface area contributed by atoms with Crippen molar-refractivity contribution in [2.75, 3.05) is 0 Å². The highest BCUT2D eigenvalue weighted by atomic mass is 19.3. The standard InChI is InChI=1S/C13H10F2O3/c14-13(15,12(17)10-7-4-8-18-10)11(16)9-5-2-1-3-6-9/h1-8,12,17H/t12-/m1/s1. The Morgan fingerprint density at radius 3 is 2.39 bits per heavy atom. The van der Waals surface area contributed by atoms with E-state index in [1.165, 1.54) is 36.4 Å². The van der Waals surface area contributed by atoms with Gasteiger partial charge in [-0.2, -0.15) is 8.78 Å². The van der Waals surface area contributed by atoms with E-state index in [1.54, 1.807) is 6.07 Å². The first-order chi connectivity index (χ1) is 8.53. The lowest BCUT2D eigenvalue weighted by molar-refractivity contribution is -0.0870. The second-order valence-electron chi connectivity index (χ2n) is 3.74. The Balaban J connectivity index is 2.28. The van der Waals surface area contributed by atoms with E-state index in [1.807, 2.05) is 0 Å². The van der Waals surface area contributed by atoms with Gasteiger partial charge in [0.2, 0.25) is 5.78 Å². The molecule has 3 nitrogen and oxygen atoms in total. The fourth-order valence-electron chi connectivity index (χ4n) is 1.53. The predicted octanol–water partition coefficient (Wildman–Crippen LogP) is 2.83. The van der Waals surface area contributed by atoms with Crippen LogP contribution < -0.4 is 0 Å². The van der Waals surface area contributed by atoms with Gasteiger partial charge in [-0.3, -0.25) is 4.79 Å². The highest BCUT2D eigenvalue weighted by molar-refractivity contribution is 6.01. The van der Waals surface area contributed by atoms with E-state index in [0.717, 1.165) is 6.26 Å². The van der Waals surface area contributed by atoms with E-state index in [9.17, 15) is 18.7 Å². The van der Waals surface area contributed by atoms with Crippen LogP contribution in [0.2, 0.25) is 0 Å². The van der Waals surface area contributed by atoms with Gasteiger partial charge in [0.05, 0.1) is 6.26 Å². The van der Waals surface area contributed by atoms with Crippen molar-refractivity contribution in [1.82, 2.24) is 0 Å². The number of rotatable bonds is 4. The van der Waals surface area contributed by atoms with Crippen LogP contribution in [-0.4, -0.2) is 16.8 Å². The van der Waals surface area contributed by atoms with Crippen molar-refractivity contribution in [3.63, 3.8) is 0 Å². The van der Waals surface area contributed by atoms with Crippen molar-refractivity contribution >= 4 is 5.78 Å². The minimum atomic E-state index is -3.93. The van der Waals surface area contributed by atoms with Gasteiger partial charge in [0.25, 0.3) is 0 Å². The van der Waals surface area contributed by atoms with Crippen LogP contribution in [-0.2, 0) is 0 Å². The van der Waals surface area contributed by atoms with E-state index >= 15 is 0 Å². The molecule has 94 valence electrons. The molecule has 18 heavy (non-hydrogen) atoms. The van der Waals surface area contributed by atoms with E-state index < -0.39 is 17.8 Å². The van der Waals surface area contributed by atoms with Crippen LogP contribution in [0, 0.1) is 0 Å². The number of furan rings is 1. The maximum atomic E-state index is 13.8. The second-order valence-corrected chi connectivity index (χ2v) is 3.74. The SMILES string of the molecule is O=C(c1ccccc1)C(F)(F)[C@H](O)c1ccco1. The van der Waals surface area contributed by atoms with Gasteiger partial charge >= 0.3 is 5.92 Å². The lowest BCUT2D eigenvalue weighted by atomic mass is 10.00. The third-order valence-corrected chi connectivity index (χ3v) is 2.49. The molecule has 0 aliphatic heterocycles. The van der Waals surface area contributed by atoms with Gasteiger partial charge < -0.3 is 9.52 Å². The number of aliphatic hydroxyl groups excluding tert-OH is 1. The first kappa shape index (κ1) is 12.4. The molecule has 0 fully saturated rings. The monoisotopic (exact) mass is 252 g/mol. The number of hydrogen-bond acceptors (Lipinski definition) is 3. The molecule has 1 N–H and O–H groups in total. The van der Waals surface area contributed by atoms with Crippen LogP contribution in [0.4, 0.5) is 8.78 Å². The van der Waals surface area contributed by atoms with Crippen molar-refractivity contribution in [2.24, 2.45) is 0 Å². The molecular formula is C13H10F2O3. The average molecular weight is 252 g/mol. The minimum absolute atomic E-state index is 0.159.